The first-order valence-electron chi connectivity index (χ1n) is 8.82. The van der Waals surface area contributed by atoms with Crippen LogP contribution in [0.5, 0.6) is 17.2 Å². The zero-order chi connectivity index (χ0) is 19.6. The van der Waals surface area contributed by atoms with Crippen molar-refractivity contribution >= 4 is 17.3 Å². The van der Waals surface area contributed by atoms with E-state index in [0.717, 1.165) is 41.7 Å². The van der Waals surface area contributed by atoms with Gasteiger partial charge in [-0.2, -0.15) is 0 Å². The Hall–Kier alpha value is -2.48. The van der Waals surface area contributed by atoms with Gasteiger partial charge in [0.15, 0.2) is 17.5 Å². The third-order valence-corrected chi connectivity index (χ3v) is 5.24. The second kappa shape index (κ2) is 10.6. The number of methoxy groups -OCH3 is 3. The molecule has 0 aliphatic carbocycles. The normalized spacial score (nSPS) is 11.2. The van der Waals surface area contributed by atoms with Crippen molar-refractivity contribution in [1.82, 2.24) is 15.6 Å². The highest BCUT2D eigenvalue weighted by Gasteiger charge is 2.12. The SMILES string of the molecule is CCc1cnc(CCNC(=NC)NCc2cc(OC)c(OC)cc2OC)s1. The van der Waals surface area contributed by atoms with Crippen molar-refractivity contribution in [1.29, 1.82) is 0 Å². The molecule has 0 aliphatic heterocycles. The van der Waals surface area contributed by atoms with Gasteiger partial charge in [-0.1, -0.05) is 6.92 Å². The average molecular weight is 393 g/mol. The maximum absolute atomic E-state index is 5.46. The first-order valence-corrected chi connectivity index (χ1v) is 9.63. The summed E-state index contributed by atoms with van der Waals surface area (Å²) in [5, 5.41) is 7.75. The minimum absolute atomic E-state index is 0.542. The molecule has 0 spiro atoms. The molecule has 0 unspecified atom stereocenters. The van der Waals surface area contributed by atoms with Crippen LogP contribution >= 0.6 is 11.3 Å². The van der Waals surface area contributed by atoms with Gasteiger partial charge in [-0.15, -0.1) is 11.3 Å². The maximum Gasteiger partial charge on any atom is 0.191 e. The molecule has 7 nitrogen and oxygen atoms in total. The molecule has 0 aliphatic rings. The van der Waals surface area contributed by atoms with Crippen molar-refractivity contribution in [2.75, 3.05) is 34.9 Å². The first-order chi connectivity index (χ1) is 13.1. The van der Waals surface area contributed by atoms with Crippen molar-refractivity contribution in [2.24, 2.45) is 4.99 Å². The quantitative estimate of drug-likeness (QED) is 0.505. The molecule has 148 valence electrons. The monoisotopic (exact) mass is 392 g/mol. The summed E-state index contributed by atoms with van der Waals surface area (Å²) >= 11 is 1.76. The summed E-state index contributed by atoms with van der Waals surface area (Å²) < 4.78 is 16.2. The lowest BCUT2D eigenvalue weighted by Gasteiger charge is -2.16. The molecule has 0 fully saturated rings. The van der Waals surface area contributed by atoms with Gasteiger partial charge >= 0.3 is 0 Å². The third kappa shape index (κ3) is 5.75. The summed E-state index contributed by atoms with van der Waals surface area (Å²) in [5.41, 5.74) is 0.950. The van der Waals surface area contributed by atoms with E-state index in [1.165, 1.54) is 4.88 Å². The standard InChI is InChI=1S/C19H28N4O3S/c1-6-14-12-22-18(27-14)7-8-21-19(20-2)23-11-13-9-16(25-4)17(26-5)10-15(13)24-3/h9-10,12H,6-8,11H2,1-5H3,(H2,20,21,23). The number of ether oxygens (including phenoxy) is 3. The van der Waals surface area contributed by atoms with Gasteiger partial charge < -0.3 is 24.8 Å². The van der Waals surface area contributed by atoms with Gasteiger partial charge in [0, 0.05) is 49.3 Å². The number of benzene rings is 1. The third-order valence-electron chi connectivity index (χ3n) is 4.04. The van der Waals surface area contributed by atoms with Crippen LogP contribution in [0.15, 0.2) is 23.3 Å². The Labute approximate surface area is 164 Å². The Kier molecular flexibility index (Phi) is 8.19. The molecule has 1 aromatic carbocycles. The summed E-state index contributed by atoms with van der Waals surface area (Å²) in [6, 6.07) is 3.72. The molecule has 0 saturated heterocycles. The minimum atomic E-state index is 0.542. The van der Waals surface area contributed by atoms with E-state index in [-0.39, 0.29) is 0 Å². The Morgan fingerprint density at radius 3 is 2.37 bits per heavy atom. The van der Waals surface area contributed by atoms with Gasteiger partial charge in [-0.25, -0.2) is 4.98 Å². The van der Waals surface area contributed by atoms with Crippen LogP contribution < -0.4 is 24.8 Å². The number of hydrogen-bond donors (Lipinski definition) is 2. The number of hydrogen-bond acceptors (Lipinski definition) is 6. The highest BCUT2D eigenvalue weighted by Crippen LogP contribution is 2.34. The fourth-order valence-corrected chi connectivity index (χ4v) is 3.41. The minimum Gasteiger partial charge on any atom is -0.496 e. The van der Waals surface area contributed by atoms with Gasteiger partial charge in [-0.05, 0) is 12.5 Å². The Morgan fingerprint density at radius 1 is 1.07 bits per heavy atom. The van der Waals surface area contributed by atoms with E-state index in [1.54, 1.807) is 39.7 Å². The summed E-state index contributed by atoms with van der Waals surface area (Å²) in [5.74, 6) is 2.74. The van der Waals surface area contributed by atoms with Crippen LogP contribution in [-0.2, 0) is 19.4 Å². The van der Waals surface area contributed by atoms with Gasteiger partial charge in [0.25, 0.3) is 0 Å². The molecule has 2 N–H and O–H groups in total. The number of aliphatic imine (C=N–C) groups is 1. The molecule has 8 heteroatoms. The van der Waals surface area contributed by atoms with Crippen LogP contribution in [0.2, 0.25) is 0 Å². The van der Waals surface area contributed by atoms with Crippen molar-refractivity contribution < 1.29 is 14.2 Å². The van der Waals surface area contributed by atoms with Gasteiger partial charge in [0.05, 0.1) is 26.3 Å². The Balaban J connectivity index is 1.93. The summed E-state index contributed by atoms with van der Waals surface area (Å²) in [6.07, 6.45) is 3.85. The molecule has 0 radical (unpaired) electrons. The predicted octanol–water partition coefficient (Wildman–Crippen LogP) is 2.64. The molecule has 0 atom stereocenters. The van der Waals surface area contributed by atoms with Gasteiger partial charge in [0.1, 0.15) is 5.75 Å². The van der Waals surface area contributed by atoms with Crippen LogP contribution in [0.25, 0.3) is 0 Å². The largest absolute Gasteiger partial charge is 0.496 e. The molecule has 2 aromatic rings. The second-order valence-electron chi connectivity index (χ2n) is 5.70. The summed E-state index contributed by atoms with van der Waals surface area (Å²) in [6.45, 7) is 3.45. The number of aryl methyl sites for hydroxylation is 1. The van der Waals surface area contributed by atoms with Crippen LogP contribution in [-0.4, -0.2) is 45.9 Å². The van der Waals surface area contributed by atoms with Crippen LogP contribution in [0.3, 0.4) is 0 Å². The van der Waals surface area contributed by atoms with E-state index in [2.05, 4.69) is 27.5 Å². The van der Waals surface area contributed by atoms with Gasteiger partial charge in [-0.3, -0.25) is 4.99 Å². The first kappa shape index (κ1) is 20.8. The van der Waals surface area contributed by atoms with E-state index >= 15 is 0 Å². The summed E-state index contributed by atoms with van der Waals surface area (Å²) in [7, 11) is 6.60. The maximum atomic E-state index is 5.46. The number of thiazole rings is 1. The van der Waals surface area contributed by atoms with Gasteiger partial charge in [0.2, 0.25) is 0 Å². The number of aromatic nitrogens is 1. The van der Waals surface area contributed by atoms with Crippen LogP contribution in [0, 0.1) is 0 Å². The highest BCUT2D eigenvalue weighted by atomic mass is 32.1. The van der Waals surface area contributed by atoms with Crippen molar-refractivity contribution in [3.8, 4) is 17.2 Å². The molecule has 27 heavy (non-hydrogen) atoms. The smallest absolute Gasteiger partial charge is 0.191 e. The van der Waals surface area contributed by atoms with E-state index in [9.17, 15) is 0 Å². The van der Waals surface area contributed by atoms with E-state index in [4.69, 9.17) is 14.2 Å². The van der Waals surface area contributed by atoms with Crippen molar-refractivity contribution in [3.05, 3.63) is 33.8 Å². The molecule has 0 bridgehead atoms. The fourth-order valence-electron chi connectivity index (χ4n) is 2.55. The molecule has 1 aromatic heterocycles. The lowest BCUT2D eigenvalue weighted by Crippen LogP contribution is -2.37. The lowest BCUT2D eigenvalue weighted by atomic mass is 10.1. The molecular weight excluding hydrogens is 364 g/mol. The van der Waals surface area contributed by atoms with Crippen molar-refractivity contribution in [3.63, 3.8) is 0 Å². The van der Waals surface area contributed by atoms with E-state index in [0.29, 0.717) is 18.0 Å². The molecule has 1 heterocycles. The number of nitrogens with zero attached hydrogens (tertiary/aromatic N) is 2. The van der Waals surface area contributed by atoms with E-state index in [1.807, 2.05) is 18.3 Å². The summed E-state index contributed by atoms with van der Waals surface area (Å²) in [4.78, 5) is 10.0. The zero-order valence-corrected chi connectivity index (χ0v) is 17.4. The average Bonchev–Trinajstić information content (AvgIpc) is 3.17. The van der Waals surface area contributed by atoms with Crippen LogP contribution in [0.1, 0.15) is 22.4 Å². The molecule has 0 saturated carbocycles. The molecule has 2 rings (SSSR count). The Morgan fingerprint density at radius 2 is 1.78 bits per heavy atom. The molecular formula is C19H28N4O3S. The lowest BCUT2D eigenvalue weighted by molar-refractivity contribution is 0.347. The van der Waals surface area contributed by atoms with Crippen LogP contribution in [0.4, 0.5) is 0 Å². The van der Waals surface area contributed by atoms with Crippen molar-refractivity contribution in [2.45, 2.75) is 26.3 Å². The topological polar surface area (TPSA) is 77.0 Å². The predicted molar refractivity (Wildman–Crippen MR) is 109 cm³/mol. The number of guanidine groups is 1. The zero-order valence-electron chi connectivity index (χ0n) is 16.6. The fraction of sp³-hybridized carbons (Fsp3) is 0.474. The second-order valence-corrected chi connectivity index (χ2v) is 6.90. The molecule has 0 amide bonds. The Bertz CT molecular complexity index is 761. The number of rotatable bonds is 9. The van der Waals surface area contributed by atoms with E-state index < -0.39 is 0 Å². The highest BCUT2D eigenvalue weighted by molar-refractivity contribution is 7.11. The number of nitrogens with one attached hydrogen (secondary N) is 2.